The molecule has 0 fully saturated rings. The molecule has 3 aromatic heterocycles. The molecule has 0 saturated carbocycles. The highest BCUT2D eigenvalue weighted by atomic mass is 16.2. The number of hydrogen-bond donors (Lipinski definition) is 1. The quantitative estimate of drug-likeness (QED) is 0.0382. The minimum Gasteiger partial charge on any atom is -0.384 e. The predicted octanol–water partition coefficient (Wildman–Crippen LogP) is 7.57. The van der Waals surface area contributed by atoms with Crippen molar-refractivity contribution in [1.82, 2.24) is 23.5 Å². The van der Waals surface area contributed by atoms with E-state index in [0.717, 1.165) is 137 Å². The summed E-state index contributed by atoms with van der Waals surface area (Å²) < 4.78 is 12.9. The van der Waals surface area contributed by atoms with E-state index in [1.54, 1.807) is 0 Å². The van der Waals surface area contributed by atoms with Gasteiger partial charge in [0.25, 0.3) is 23.6 Å². The first-order valence-electron chi connectivity index (χ1n) is 24.4. The summed E-state index contributed by atoms with van der Waals surface area (Å²) in [6.45, 7) is 5.32. The summed E-state index contributed by atoms with van der Waals surface area (Å²) in [5.41, 5.74) is 4.61. The SMILES string of the molecule is C[n+]1ccn(CCCCc2ccc3c4c(cccc24)C(=O)N(CCCCCC[n+]2ccn(CCCCCCN4C(=O)c5cccc6c(NCCCn7cc[n+](C)c7)ccc(c56)C4=O)c2)C3=O)c1. The Morgan fingerprint density at radius 2 is 0.955 bits per heavy atom. The number of hydrogen-bond acceptors (Lipinski definition) is 5. The number of imide groups is 2. The number of anilines is 1. The number of rotatable bonds is 24. The zero-order valence-electron chi connectivity index (χ0n) is 39.1. The molecule has 9 rings (SSSR count). The number of nitrogens with zero attached hydrogens (tertiary/aromatic N) is 8. The average Bonchev–Trinajstić information content (AvgIpc) is 4.10. The molecule has 13 heteroatoms. The van der Waals surface area contributed by atoms with Gasteiger partial charge in [0, 0.05) is 70.2 Å². The lowest BCUT2D eigenvalue weighted by atomic mass is 9.89. The van der Waals surface area contributed by atoms with Crippen molar-refractivity contribution in [3.05, 3.63) is 145 Å². The number of imidazole rings is 3. The van der Waals surface area contributed by atoms with Crippen LogP contribution in [0.2, 0.25) is 0 Å². The van der Waals surface area contributed by atoms with E-state index in [4.69, 9.17) is 0 Å². The van der Waals surface area contributed by atoms with Crippen LogP contribution in [0.4, 0.5) is 5.69 Å². The van der Waals surface area contributed by atoms with Crippen LogP contribution in [-0.2, 0) is 46.7 Å². The summed E-state index contributed by atoms with van der Waals surface area (Å²) in [6.07, 6.45) is 30.2. The highest BCUT2D eigenvalue weighted by Gasteiger charge is 2.34. The Morgan fingerprint density at radius 3 is 1.57 bits per heavy atom. The van der Waals surface area contributed by atoms with E-state index in [1.807, 2.05) is 84.2 Å². The minimum atomic E-state index is -0.205. The predicted molar refractivity (Wildman–Crippen MR) is 257 cm³/mol. The van der Waals surface area contributed by atoms with E-state index < -0.39 is 0 Å². The van der Waals surface area contributed by atoms with Gasteiger partial charge in [-0.1, -0.05) is 43.2 Å². The Labute approximate surface area is 392 Å². The molecule has 0 spiro atoms. The Balaban J connectivity index is 0.661. The second kappa shape index (κ2) is 20.7. The van der Waals surface area contributed by atoms with Crippen LogP contribution in [0.5, 0.6) is 0 Å². The number of nitrogens with one attached hydrogen (secondary N) is 1. The molecule has 2 aliphatic rings. The number of aryl methyl sites for hydroxylation is 7. The number of aromatic nitrogens is 6. The van der Waals surface area contributed by atoms with Crippen molar-refractivity contribution in [2.24, 2.45) is 14.1 Å². The van der Waals surface area contributed by atoms with E-state index in [9.17, 15) is 19.2 Å². The summed E-state index contributed by atoms with van der Waals surface area (Å²) in [5.74, 6) is -0.769. The Morgan fingerprint density at radius 1 is 0.463 bits per heavy atom. The van der Waals surface area contributed by atoms with Crippen LogP contribution in [0.3, 0.4) is 0 Å². The largest absolute Gasteiger partial charge is 0.384 e. The van der Waals surface area contributed by atoms with Gasteiger partial charge in [0.15, 0.2) is 0 Å². The van der Waals surface area contributed by atoms with Crippen LogP contribution in [0.15, 0.2) is 117 Å². The van der Waals surface area contributed by atoms with Crippen LogP contribution in [0, 0.1) is 0 Å². The van der Waals surface area contributed by atoms with Gasteiger partial charge in [-0.3, -0.25) is 29.0 Å². The number of carbonyl (C=O) groups excluding carboxylic acids is 4. The van der Waals surface area contributed by atoms with Gasteiger partial charge in [-0.25, -0.2) is 27.4 Å². The first-order chi connectivity index (χ1) is 32.7. The molecule has 0 atom stereocenters. The van der Waals surface area contributed by atoms with Gasteiger partial charge < -0.3 is 5.32 Å². The molecule has 2 aliphatic heterocycles. The molecule has 4 aromatic carbocycles. The van der Waals surface area contributed by atoms with E-state index in [2.05, 4.69) is 79.5 Å². The van der Waals surface area contributed by atoms with Crippen LogP contribution < -0.4 is 19.0 Å². The van der Waals surface area contributed by atoms with Crippen molar-refractivity contribution in [2.75, 3.05) is 25.0 Å². The first-order valence-corrected chi connectivity index (χ1v) is 24.4. The van der Waals surface area contributed by atoms with Crippen molar-refractivity contribution in [3.63, 3.8) is 0 Å². The van der Waals surface area contributed by atoms with Crippen molar-refractivity contribution in [3.8, 4) is 0 Å². The molecule has 13 nitrogen and oxygen atoms in total. The molecular formula is C54H64N9O4+3. The van der Waals surface area contributed by atoms with Crippen LogP contribution in [-0.4, -0.2) is 66.8 Å². The fraction of sp³-hybridized carbons (Fsp3) is 0.389. The molecule has 0 bridgehead atoms. The maximum absolute atomic E-state index is 13.7. The summed E-state index contributed by atoms with van der Waals surface area (Å²) >= 11 is 0. The van der Waals surface area contributed by atoms with Gasteiger partial charge in [0.2, 0.25) is 19.0 Å². The Kier molecular flexibility index (Phi) is 14.0. The smallest absolute Gasteiger partial charge is 0.261 e. The monoisotopic (exact) mass is 903 g/mol. The second-order valence-electron chi connectivity index (χ2n) is 18.5. The summed E-state index contributed by atoms with van der Waals surface area (Å²) in [5, 5.41) is 7.04. The molecule has 0 unspecified atom stereocenters. The standard InChI is InChI=1S/C54H63N9O4/c1-56-32-34-58(38-56)28-12-7-16-41-21-22-46-49-42(41)17-13-19-44(49)51(64)62(53(46)66)30-10-5-3-8-26-60-36-37-61(40-60)27-9-4-6-11-31-63-52(65)45-20-14-18-43-48(24-23-47(50(43)45)54(63)67)55-25-15-29-59-35-33-57(2)39-59/h13-14,17-24,32-40H,3-12,15-16,25-31H2,1-2H3/q+2/p+1. The van der Waals surface area contributed by atoms with Gasteiger partial charge >= 0.3 is 0 Å². The highest BCUT2D eigenvalue weighted by molar-refractivity contribution is 6.27. The first kappa shape index (κ1) is 45.3. The fourth-order valence-corrected chi connectivity index (χ4v) is 10.0. The maximum atomic E-state index is 13.7. The molecular weight excluding hydrogens is 839 g/mol. The van der Waals surface area contributed by atoms with Gasteiger partial charge in [-0.05, 0) is 99.1 Å². The molecule has 7 aromatic rings. The zero-order chi connectivity index (χ0) is 46.3. The third-order valence-corrected chi connectivity index (χ3v) is 13.6. The summed E-state index contributed by atoms with van der Waals surface area (Å²) in [4.78, 5) is 57.5. The molecule has 0 saturated heterocycles. The lowest BCUT2D eigenvalue weighted by molar-refractivity contribution is -0.696. The van der Waals surface area contributed by atoms with E-state index in [-0.39, 0.29) is 23.6 Å². The fourth-order valence-electron chi connectivity index (χ4n) is 10.0. The van der Waals surface area contributed by atoms with Gasteiger partial charge in [-0.2, -0.15) is 0 Å². The van der Waals surface area contributed by atoms with Crippen LogP contribution >= 0.6 is 0 Å². The van der Waals surface area contributed by atoms with Gasteiger partial charge in [0.05, 0.1) is 40.3 Å². The lowest BCUT2D eigenvalue weighted by Gasteiger charge is -2.28. The topological polar surface area (TPSA) is 113 Å². The number of unbranched alkanes of at least 4 members (excludes halogenated alkanes) is 7. The molecule has 4 amide bonds. The summed E-state index contributed by atoms with van der Waals surface area (Å²) in [6, 6.07) is 19.5. The molecule has 0 aliphatic carbocycles. The third kappa shape index (κ3) is 10.1. The second-order valence-corrected chi connectivity index (χ2v) is 18.5. The van der Waals surface area contributed by atoms with Crippen molar-refractivity contribution >= 4 is 50.9 Å². The van der Waals surface area contributed by atoms with Gasteiger partial charge in [0.1, 0.15) is 37.2 Å². The summed E-state index contributed by atoms with van der Waals surface area (Å²) in [7, 11) is 4.04. The molecule has 1 N–H and O–H groups in total. The van der Waals surface area contributed by atoms with Crippen molar-refractivity contribution < 1.29 is 32.9 Å². The van der Waals surface area contributed by atoms with Crippen LogP contribution in [0.1, 0.15) is 118 Å². The molecule has 5 heterocycles. The Hall–Kier alpha value is -6.89. The third-order valence-electron chi connectivity index (χ3n) is 13.6. The van der Waals surface area contributed by atoms with Crippen molar-refractivity contribution in [1.29, 1.82) is 0 Å². The lowest BCUT2D eigenvalue weighted by Crippen LogP contribution is -2.41. The Bertz CT molecular complexity index is 2690. The number of carbonyl (C=O) groups is 4. The minimum absolute atomic E-state index is 0.179. The van der Waals surface area contributed by atoms with Crippen molar-refractivity contribution in [2.45, 2.75) is 103 Å². The van der Waals surface area contributed by atoms with Crippen LogP contribution in [0.25, 0.3) is 21.5 Å². The average molecular weight is 903 g/mol. The zero-order valence-corrected chi connectivity index (χ0v) is 39.1. The number of benzene rings is 4. The molecule has 346 valence electrons. The van der Waals surface area contributed by atoms with Gasteiger partial charge in [-0.15, -0.1) is 0 Å². The molecule has 67 heavy (non-hydrogen) atoms. The van der Waals surface area contributed by atoms with E-state index in [1.165, 1.54) is 15.4 Å². The maximum Gasteiger partial charge on any atom is 0.261 e. The highest BCUT2D eigenvalue weighted by Crippen LogP contribution is 2.35. The normalized spacial score (nSPS) is 13.5. The van der Waals surface area contributed by atoms with E-state index >= 15 is 0 Å². The number of amides is 4. The molecule has 0 radical (unpaired) electrons. The van der Waals surface area contributed by atoms with E-state index in [0.29, 0.717) is 35.3 Å².